The number of unbranched alkanes of at least 4 members (excludes halogenated alkanes) is 12. The van der Waals surface area contributed by atoms with Gasteiger partial charge in [0.2, 0.25) is 0 Å². The maximum absolute atomic E-state index is 9.65. The molecule has 20 heavy (non-hydrogen) atoms. The molecule has 2 N–H and O–H groups in total. The first-order chi connectivity index (χ1) is 9.62. The molecule has 0 heterocycles. The lowest BCUT2D eigenvalue weighted by Crippen LogP contribution is -2.28. The Hall–Kier alpha value is -0.0800. The minimum atomic E-state index is -0.863. The van der Waals surface area contributed by atoms with Crippen LogP contribution in [-0.4, -0.2) is 22.4 Å². The molecule has 0 amide bonds. The summed E-state index contributed by atoms with van der Waals surface area (Å²) in [7, 11) is 0. The molecule has 0 fully saturated rings. The van der Waals surface area contributed by atoms with Crippen LogP contribution in [0.1, 0.15) is 104 Å². The van der Waals surface area contributed by atoms with Gasteiger partial charge in [-0.2, -0.15) is 0 Å². The molecule has 1 unspecified atom stereocenters. The van der Waals surface area contributed by atoms with Crippen LogP contribution in [0.25, 0.3) is 0 Å². The first-order valence-corrected chi connectivity index (χ1v) is 8.95. The summed E-state index contributed by atoms with van der Waals surface area (Å²) in [6, 6.07) is 0. The summed E-state index contributed by atoms with van der Waals surface area (Å²) in [6.07, 6.45) is 18.2. The molecular weight excluding hydrogens is 248 g/mol. The fraction of sp³-hybridized carbons (Fsp3) is 1.00. The molecule has 2 nitrogen and oxygen atoms in total. The van der Waals surface area contributed by atoms with Crippen molar-refractivity contribution in [3.63, 3.8) is 0 Å². The van der Waals surface area contributed by atoms with Crippen LogP contribution in [0.2, 0.25) is 0 Å². The predicted molar refractivity (Wildman–Crippen MR) is 88.0 cm³/mol. The average molecular weight is 286 g/mol. The minimum absolute atomic E-state index is 0.120. The van der Waals surface area contributed by atoms with E-state index in [1.165, 1.54) is 77.0 Å². The second kappa shape index (κ2) is 13.9. The molecule has 2 heteroatoms. The Morgan fingerprint density at radius 3 is 1.35 bits per heavy atom. The highest BCUT2D eigenvalue weighted by Gasteiger charge is 2.17. The van der Waals surface area contributed by atoms with Gasteiger partial charge in [-0.15, -0.1) is 0 Å². The van der Waals surface area contributed by atoms with Gasteiger partial charge in [0.1, 0.15) is 0 Å². The SMILES string of the molecule is CCCCCCCCCCCCCCCC(C)(O)CO. The third-order valence-electron chi connectivity index (χ3n) is 4.16. The Kier molecular flexibility index (Phi) is 13.8. The van der Waals surface area contributed by atoms with Crippen LogP contribution < -0.4 is 0 Å². The molecule has 1 atom stereocenters. The highest BCUT2D eigenvalue weighted by Crippen LogP contribution is 2.16. The largest absolute Gasteiger partial charge is 0.393 e. The van der Waals surface area contributed by atoms with E-state index in [0.29, 0.717) is 0 Å². The Morgan fingerprint density at radius 2 is 1.00 bits per heavy atom. The van der Waals surface area contributed by atoms with Crippen molar-refractivity contribution < 1.29 is 10.2 Å². The maximum atomic E-state index is 9.65. The molecule has 0 saturated carbocycles. The van der Waals surface area contributed by atoms with Crippen LogP contribution in [0.5, 0.6) is 0 Å². The van der Waals surface area contributed by atoms with E-state index >= 15 is 0 Å². The number of hydrogen-bond donors (Lipinski definition) is 2. The lowest BCUT2D eigenvalue weighted by Gasteiger charge is -2.19. The van der Waals surface area contributed by atoms with E-state index in [9.17, 15) is 5.11 Å². The summed E-state index contributed by atoms with van der Waals surface area (Å²) in [6.45, 7) is 3.86. The Morgan fingerprint density at radius 1 is 0.650 bits per heavy atom. The Labute approximate surface area is 127 Å². The molecule has 0 rings (SSSR count). The zero-order valence-corrected chi connectivity index (χ0v) is 14.0. The Bertz CT molecular complexity index is 190. The molecule has 0 spiro atoms. The van der Waals surface area contributed by atoms with Crippen LogP contribution >= 0.6 is 0 Å². The molecule has 0 aromatic heterocycles. The molecule has 0 saturated heterocycles. The molecule has 0 aliphatic rings. The minimum Gasteiger partial charge on any atom is -0.393 e. The molecule has 0 aromatic carbocycles. The maximum Gasteiger partial charge on any atom is 0.0849 e. The van der Waals surface area contributed by atoms with Crippen molar-refractivity contribution in [1.82, 2.24) is 0 Å². The highest BCUT2D eigenvalue weighted by atomic mass is 16.3. The lowest BCUT2D eigenvalue weighted by molar-refractivity contribution is -0.00695. The topological polar surface area (TPSA) is 40.5 Å². The average Bonchev–Trinajstić information content (AvgIpc) is 2.44. The third-order valence-corrected chi connectivity index (χ3v) is 4.16. The van der Waals surface area contributed by atoms with Gasteiger partial charge in [-0.05, 0) is 13.3 Å². The second-order valence-electron chi connectivity index (χ2n) is 6.65. The molecule has 0 radical (unpaired) electrons. The summed E-state index contributed by atoms with van der Waals surface area (Å²) < 4.78 is 0. The van der Waals surface area contributed by atoms with Crippen molar-refractivity contribution in [2.45, 2.75) is 109 Å². The van der Waals surface area contributed by atoms with Gasteiger partial charge in [-0.3, -0.25) is 0 Å². The van der Waals surface area contributed by atoms with Gasteiger partial charge in [0.25, 0.3) is 0 Å². The van der Waals surface area contributed by atoms with Gasteiger partial charge in [0.05, 0.1) is 12.2 Å². The van der Waals surface area contributed by atoms with Gasteiger partial charge < -0.3 is 10.2 Å². The van der Waals surface area contributed by atoms with Crippen molar-refractivity contribution in [3.05, 3.63) is 0 Å². The number of aliphatic hydroxyl groups excluding tert-OH is 1. The third kappa shape index (κ3) is 14.3. The van der Waals surface area contributed by atoms with Gasteiger partial charge in [-0.1, -0.05) is 90.4 Å². The van der Waals surface area contributed by atoms with Crippen molar-refractivity contribution in [2.24, 2.45) is 0 Å². The van der Waals surface area contributed by atoms with E-state index in [-0.39, 0.29) is 6.61 Å². The summed E-state index contributed by atoms with van der Waals surface area (Å²) >= 11 is 0. The number of hydrogen-bond acceptors (Lipinski definition) is 2. The van der Waals surface area contributed by atoms with Gasteiger partial charge in [-0.25, -0.2) is 0 Å². The Balaban J connectivity index is 3.06. The van der Waals surface area contributed by atoms with E-state index in [1.54, 1.807) is 6.92 Å². The number of rotatable bonds is 15. The molecule has 0 aliphatic carbocycles. The monoisotopic (exact) mass is 286 g/mol. The van der Waals surface area contributed by atoms with E-state index in [0.717, 1.165) is 12.8 Å². The normalized spacial score (nSPS) is 14.4. The summed E-state index contributed by atoms with van der Waals surface area (Å²) in [5.41, 5.74) is -0.863. The fourth-order valence-corrected chi connectivity index (χ4v) is 2.60. The standard InChI is InChI=1S/C18H38O2/c1-3-4-5-6-7-8-9-10-11-12-13-14-15-16-18(2,20)17-19/h19-20H,3-17H2,1-2H3. The summed E-state index contributed by atoms with van der Waals surface area (Å²) in [4.78, 5) is 0. The fourth-order valence-electron chi connectivity index (χ4n) is 2.60. The van der Waals surface area contributed by atoms with E-state index in [4.69, 9.17) is 5.11 Å². The molecular formula is C18H38O2. The lowest BCUT2D eigenvalue weighted by atomic mass is 9.98. The van der Waals surface area contributed by atoms with Crippen molar-refractivity contribution in [1.29, 1.82) is 0 Å². The number of aliphatic hydroxyl groups is 2. The second-order valence-corrected chi connectivity index (χ2v) is 6.65. The summed E-state index contributed by atoms with van der Waals surface area (Å²) in [5, 5.41) is 18.6. The van der Waals surface area contributed by atoms with Crippen LogP contribution in [0.3, 0.4) is 0 Å². The first-order valence-electron chi connectivity index (χ1n) is 8.95. The van der Waals surface area contributed by atoms with E-state index in [2.05, 4.69) is 6.92 Å². The first kappa shape index (κ1) is 19.9. The zero-order chi connectivity index (χ0) is 15.1. The van der Waals surface area contributed by atoms with E-state index in [1.807, 2.05) is 0 Å². The smallest absolute Gasteiger partial charge is 0.0849 e. The quantitative estimate of drug-likeness (QED) is 0.406. The van der Waals surface area contributed by atoms with Gasteiger partial charge in [0, 0.05) is 0 Å². The summed E-state index contributed by atoms with van der Waals surface area (Å²) in [5.74, 6) is 0. The van der Waals surface area contributed by atoms with Gasteiger partial charge in [0.15, 0.2) is 0 Å². The molecule has 0 aliphatic heterocycles. The van der Waals surface area contributed by atoms with Crippen LogP contribution in [0.4, 0.5) is 0 Å². The van der Waals surface area contributed by atoms with Crippen molar-refractivity contribution in [2.75, 3.05) is 6.61 Å². The zero-order valence-electron chi connectivity index (χ0n) is 14.0. The van der Waals surface area contributed by atoms with Crippen LogP contribution in [-0.2, 0) is 0 Å². The van der Waals surface area contributed by atoms with Crippen molar-refractivity contribution >= 4 is 0 Å². The molecule has 0 aromatic rings. The molecule has 122 valence electrons. The molecule has 0 bridgehead atoms. The predicted octanol–water partition coefficient (Wildman–Crippen LogP) is 5.21. The highest BCUT2D eigenvalue weighted by molar-refractivity contribution is 4.70. The van der Waals surface area contributed by atoms with E-state index < -0.39 is 5.60 Å². The van der Waals surface area contributed by atoms with Crippen molar-refractivity contribution in [3.8, 4) is 0 Å². The van der Waals surface area contributed by atoms with Crippen LogP contribution in [0.15, 0.2) is 0 Å². The van der Waals surface area contributed by atoms with Crippen LogP contribution in [0, 0.1) is 0 Å². The van der Waals surface area contributed by atoms with Gasteiger partial charge >= 0.3 is 0 Å².